The van der Waals surface area contributed by atoms with E-state index >= 15 is 0 Å². The molecule has 1 aromatic rings. The van der Waals surface area contributed by atoms with Crippen molar-refractivity contribution in [1.29, 1.82) is 0 Å². The van der Waals surface area contributed by atoms with Crippen LogP contribution in [0.5, 0.6) is 0 Å². The predicted octanol–water partition coefficient (Wildman–Crippen LogP) is 2.50. The maximum absolute atomic E-state index is 11.1. The molecule has 0 spiro atoms. The van der Waals surface area contributed by atoms with Gasteiger partial charge in [0.15, 0.2) is 0 Å². The van der Waals surface area contributed by atoms with Crippen molar-refractivity contribution in [3.05, 3.63) is 34.4 Å². The topological polar surface area (TPSA) is 95.7 Å². The number of nitrogens with one attached hydrogen (secondary N) is 1. The van der Waals surface area contributed by atoms with Crippen molar-refractivity contribution >= 4 is 17.5 Å². The quantitative estimate of drug-likeness (QED) is 0.646. The zero-order chi connectivity index (χ0) is 13.8. The number of carboxylic acid groups (broad SMARTS) is 1. The van der Waals surface area contributed by atoms with Gasteiger partial charge < -0.3 is 10.4 Å². The largest absolute Gasteiger partial charge is 0.465 e. The Bertz CT molecular complexity index is 492. The second kappa shape index (κ2) is 5.55. The fourth-order valence-corrected chi connectivity index (χ4v) is 2.24. The molecule has 0 saturated carbocycles. The Morgan fingerprint density at radius 3 is 2.84 bits per heavy atom. The number of hydrogen-bond acceptors (Lipinski definition) is 4. The van der Waals surface area contributed by atoms with Crippen molar-refractivity contribution in [1.82, 2.24) is 4.90 Å². The van der Waals surface area contributed by atoms with Crippen molar-refractivity contribution in [3.8, 4) is 0 Å². The van der Waals surface area contributed by atoms with Crippen LogP contribution in [0.1, 0.15) is 19.3 Å². The molecule has 0 aliphatic carbocycles. The van der Waals surface area contributed by atoms with Gasteiger partial charge in [0.1, 0.15) is 11.9 Å². The van der Waals surface area contributed by atoms with Crippen LogP contribution in [0.2, 0.25) is 0 Å². The van der Waals surface area contributed by atoms with E-state index in [1.807, 2.05) is 0 Å². The van der Waals surface area contributed by atoms with Crippen molar-refractivity contribution in [3.63, 3.8) is 0 Å². The van der Waals surface area contributed by atoms with Crippen LogP contribution in [0, 0.1) is 10.1 Å². The molecule has 0 aromatic heterocycles. The second-order valence-corrected chi connectivity index (χ2v) is 4.41. The molecule has 1 saturated heterocycles. The third-order valence-corrected chi connectivity index (χ3v) is 3.17. The Morgan fingerprint density at radius 2 is 2.16 bits per heavy atom. The van der Waals surface area contributed by atoms with Gasteiger partial charge in [0.2, 0.25) is 0 Å². The predicted molar refractivity (Wildman–Crippen MR) is 69.1 cm³/mol. The summed E-state index contributed by atoms with van der Waals surface area (Å²) in [6.45, 7) is 0.452. The Hall–Kier alpha value is -2.31. The van der Waals surface area contributed by atoms with E-state index in [-0.39, 0.29) is 5.69 Å². The van der Waals surface area contributed by atoms with Crippen LogP contribution < -0.4 is 5.32 Å². The van der Waals surface area contributed by atoms with Gasteiger partial charge in [-0.2, -0.15) is 0 Å². The molecule has 0 radical (unpaired) electrons. The molecule has 1 unspecified atom stereocenters. The number of amides is 1. The van der Waals surface area contributed by atoms with Gasteiger partial charge in [-0.15, -0.1) is 0 Å². The first-order valence-corrected chi connectivity index (χ1v) is 6.09. The van der Waals surface area contributed by atoms with Gasteiger partial charge in [0.05, 0.1) is 4.92 Å². The first-order valence-electron chi connectivity index (χ1n) is 6.09. The molecular formula is C12H15N3O4. The minimum absolute atomic E-state index is 0.0431. The van der Waals surface area contributed by atoms with Gasteiger partial charge in [-0.1, -0.05) is 12.1 Å². The van der Waals surface area contributed by atoms with E-state index in [1.54, 1.807) is 18.2 Å². The number of carbonyl (C=O) groups is 1. The number of piperidine rings is 1. The van der Waals surface area contributed by atoms with E-state index in [0.29, 0.717) is 18.7 Å². The molecule has 102 valence electrons. The number of nitro benzene ring substituents is 1. The summed E-state index contributed by atoms with van der Waals surface area (Å²) < 4.78 is 0. The van der Waals surface area contributed by atoms with Crippen LogP contribution >= 0.6 is 0 Å². The van der Waals surface area contributed by atoms with Crippen LogP contribution in [0.15, 0.2) is 24.3 Å². The van der Waals surface area contributed by atoms with Gasteiger partial charge in [-0.25, -0.2) is 4.79 Å². The summed E-state index contributed by atoms with van der Waals surface area (Å²) in [5, 5.41) is 23.0. The fraction of sp³-hybridized carbons (Fsp3) is 0.417. The van der Waals surface area contributed by atoms with Gasteiger partial charge in [-0.3, -0.25) is 15.0 Å². The minimum atomic E-state index is -1.00. The summed E-state index contributed by atoms with van der Waals surface area (Å²) in [5.41, 5.74) is 0.309. The number of nitrogens with zero attached hydrogens (tertiary/aromatic N) is 2. The molecule has 0 bridgehead atoms. The molecule has 1 aromatic carbocycles. The molecule has 1 aliphatic rings. The van der Waals surface area contributed by atoms with E-state index in [2.05, 4.69) is 5.32 Å². The Balaban J connectivity index is 2.19. The molecule has 19 heavy (non-hydrogen) atoms. The van der Waals surface area contributed by atoms with Gasteiger partial charge >= 0.3 is 6.09 Å². The smallest absolute Gasteiger partial charge is 0.408 e. The second-order valence-electron chi connectivity index (χ2n) is 4.41. The maximum atomic E-state index is 11.1. The van der Waals surface area contributed by atoms with Crippen molar-refractivity contribution in [2.75, 3.05) is 11.9 Å². The van der Waals surface area contributed by atoms with E-state index in [1.165, 1.54) is 11.0 Å². The lowest BCUT2D eigenvalue weighted by Crippen LogP contribution is -2.47. The lowest BCUT2D eigenvalue weighted by Gasteiger charge is -2.34. The van der Waals surface area contributed by atoms with Crippen molar-refractivity contribution in [2.24, 2.45) is 0 Å². The number of anilines is 1. The standard InChI is InChI=1S/C12H15N3O4/c16-12(17)14-8-4-3-7-11(14)13-9-5-1-2-6-10(9)15(18)19/h1-2,5-6,11,13H,3-4,7-8H2,(H,16,17). The summed E-state index contributed by atoms with van der Waals surface area (Å²) in [6.07, 6.45) is 0.963. The minimum Gasteiger partial charge on any atom is -0.465 e. The van der Waals surface area contributed by atoms with Crippen LogP contribution in [-0.2, 0) is 0 Å². The van der Waals surface area contributed by atoms with Gasteiger partial charge in [-0.05, 0) is 25.3 Å². The molecule has 1 aliphatic heterocycles. The third kappa shape index (κ3) is 2.93. The van der Waals surface area contributed by atoms with Gasteiger partial charge in [0, 0.05) is 12.6 Å². The molecule has 1 heterocycles. The number of hydrogen-bond donors (Lipinski definition) is 2. The first kappa shape index (κ1) is 13.1. The summed E-state index contributed by atoms with van der Waals surface area (Å²) in [6, 6.07) is 6.26. The normalized spacial score (nSPS) is 18.9. The summed E-state index contributed by atoms with van der Waals surface area (Å²) >= 11 is 0. The maximum Gasteiger partial charge on any atom is 0.408 e. The van der Waals surface area contributed by atoms with Crippen molar-refractivity contribution < 1.29 is 14.8 Å². The number of nitro groups is 1. The molecular weight excluding hydrogens is 250 g/mol. The SMILES string of the molecule is O=C(O)N1CCCCC1Nc1ccccc1[N+](=O)[O-]. The average molecular weight is 265 g/mol. The number of benzene rings is 1. The van der Waals surface area contributed by atoms with E-state index in [9.17, 15) is 14.9 Å². The highest BCUT2D eigenvalue weighted by Crippen LogP contribution is 2.27. The molecule has 2 rings (SSSR count). The Morgan fingerprint density at radius 1 is 1.42 bits per heavy atom. The van der Waals surface area contributed by atoms with Gasteiger partial charge in [0.25, 0.3) is 5.69 Å². The van der Waals surface area contributed by atoms with Crippen LogP contribution in [0.3, 0.4) is 0 Å². The van der Waals surface area contributed by atoms with E-state index < -0.39 is 17.2 Å². The number of likely N-dealkylation sites (tertiary alicyclic amines) is 1. The zero-order valence-corrected chi connectivity index (χ0v) is 10.3. The molecule has 1 atom stereocenters. The number of para-hydroxylation sites is 2. The molecule has 2 N–H and O–H groups in total. The highest BCUT2D eigenvalue weighted by atomic mass is 16.6. The lowest BCUT2D eigenvalue weighted by molar-refractivity contribution is -0.384. The zero-order valence-electron chi connectivity index (χ0n) is 10.3. The van der Waals surface area contributed by atoms with Crippen molar-refractivity contribution in [2.45, 2.75) is 25.4 Å². The summed E-state index contributed by atoms with van der Waals surface area (Å²) in [7, 11) is 0. The molecule has 1 amide bonds. The highest BCUT2D eigenvalue weighted by Gasteiger charge is 2.27. The third-order valence-electron chi connectivity index (χ3n) is 3.17. The molecule has 7 nitrogen and oxygen atoms in total. The average Bonchev–Trinajstić information content (AvgIpc) is 2.39. The summed E-state index contributed by atoms with van der Waals surface area (Å²) in [4.78, 5) is 22.9. The Labute approximate surface area is 110 Å². The van der Waals surface area contributed by atoms with E-state index in [4.69, 9.17) is 5.11 Å². The lowest BCUT2D eigenvalue weighted by atomic mass is 10.1. The van der Waals surface area contributed by atoms with Crippen LogP contribution in [-0.4, -0.2) is 33.7 Å². The highest BCUT2D eigenvalue weighted by molar-refractivity contribution is 5.67. The fourth-order valence-electron chi connectivity index (χ4n) is 2.24. The molecule has 1 fully saturated rings. The van der Waals surface area contributed by atoms with Crippen LogP contribution in [0.25, 0.3) is 0 Å². The molecule has 7 heteroatoms. The summed E-state index contributed by atoms with van der Waals surface area (Å²) in [5.74, 6) is 0. The monoisotopic (exact) mass is 265 g/mol. The van der Waals surface area contributed by atoms with E-state index in [0.717, 1.165) is 12.8 Å². The first-order chi connectivity index (χ1) is 9.09. The Kier molecular flexibility index (Phi) is 3.84. The number of rotatable bonds is 3. The van der Waals surface area contributed by atoms with Crippen LogP contribution in [0.4, 0.5) is 16.2 Å².